The predicted octanol–water partition coefficient (Wildman–Crippen LogP) is 1.83. The van der Waals surface area contributed by atoms with Crippen molar-refractivity contribution in [3.05, 3.63) is 36.0 Å². The van der Waals surface area contributed by atoms with Gasteiger partial charge in [0.15, 0.2) is 9.84 Å². The zero-order valence-corrected chi connectivity index (χ0v) is 14.2. The van der Waals surface area contributed by atoms with Gasteiger partial charge in [-0.2, -0.15) is 0 Å². The van der Waals surface area contributed by atoms with Crippen LogP contribution in [0.25, 0.3) is 10.9 Å². The molecule has 3 N–H and O–H groups in total. The van der Waals surface area contributed by atoms with Crippen molar-refractivity contribution in [3.8, 4) is 0 Å². The van der Waals surface area contributed by atoms with E-state index in [0.717, 1.165) is 16.6 Å². The second-order valence-electron chi connectivity index (χ2n) is 5.63. The number of sulfone groups is 1. The smallest absolute Gasteiger partial charge is 0.315 e. The average molecular weight is 337 g/mol. The van der Waals surface area contributed by atoms with Crippen LogP contribution in [0, 0.1) is 0 Å². The van der Waals surface area contributed by atoms with Crippen LogP contribution in [0.5, 0.6) is 0 Å². The molecule has 1 aromatic heterocycles. The highest BCUT2D eigenvalue weighted by Gasteiger charge is 2.15. The summed E-state index contributed by atoms with van der Waals surface area (Å²) in [5.41, 5.74) is 2.12. The summed E-state index contributed by atoms with van der Waals surface area (Å²) in [5.74, 6) is 0.0416. The van der Waals surface area contributed by atoms with Crippen LogP contribution in [0.15, 0.2) is 30.3 Å². The van der Waals surface area contributed by atoms with E-state index in [9.17, 15) is 13.2 Å². The van der Waals surface area contributed by atoms with Gasteiger partial charge in [-0.3, -0.25) is 0 Å². The summed E-state index contributed by atoms with van der Waals surface area (Å²) in [6.45, 7) is 3.76. The van der Waals surface area contributed by atoms with Crippen molar-refractivity contribution in [2.24, 2.45) is 0 Å². The van der Waals surface area contributed by atoms with E-state index in [0.29, 0.717) is 13.0 Å². The fourth-order valence-corrected chi connectivity index (χ4v) is 3.47. The standard InChI is InChI=1S/C16H23N3O3S/c1-3-23(21,22)11-12(2)18-16(20)17-9-8-14-10-13-6-4-5-7-15(13)19-14/h4-7,10,12,19H,3,8-9,11H2,1-2H3,(H2,17,18,20). The monoisotopic (exact) mass is 337 g/mol. The van der Waals surface area contributed by atoms with Gasteiger partial charge in [-0.1, -0.05) is 25.1 Å². The van der Waals surface area contributed by atoms with E-state index < -0.39 is 15.9 Å². The summed E-state index contributed by atoms with van der Waals surface area (Å²) < 4.78 is 23.0. The van der Waals surface area contributed by atoms with Crippen molar-refractivity contribution in [2.45, 2.75) is 26.3 Å². The molecule has 0 bridgehead atoms. The molecule has 2 amide bonds. The van der Waals surface area contributed by atoms with E-state index in [4.69, 9.17) is 0 Å². The molecular weight excluding hydrogens is 314 g/mol. The van der Waals surface area contributed by atoms with Crippen LogP contribution in [0.1, 0.15) is 19.5 Å². The van der Waals surface area contributed by atoms with E-state index >= 15 is 0 Å². The van der Waals surface area contributed by atoms with E-state index in [1.54, 1.807) is 13.8 Å². The van der Waals surface area contributed by atoms with E-state index in [1.165, 1.54) is 0 Å². The fraction of sp³-hybridized carbons (Fsp3) is 0.438. The summed E-state index contributed by atoms with van der Waals surface area (Å²) in [6, 6.07) is 9.30. The summed E-state index contributed by atoms with van der Waals surface area (Å²) in [7, 11) is -3.09. The fourth-order valence-electron chi connectivity index (χ4n) is 2.39. The minimum Gasteiger partial charge on any atom is -0.358 e. The lowest BCUT2D eigenvalue weighted by Crippen LogP contribution is -2.44. The van der Waals surface area contributed by atoms with Crippen molar-refractivity contribution < 1.29 is 13.2 Å². The molecular formula is C16H23N3O3S. The van der Waals surface area contributed by atoms with Gasteiger partial charge in [-0.25, -0.2) is 13.2 Å². The lowest BCUT2D eigenvalue weighted by molar-refractivity contribution is 0.239. The van der Waals surface area contributed by atoms with Gasteiger partial charge in [0.25, 0.3) is 0 Å². The Kier molecular flexibility index (Phi) is 5.65. The quantitative estimate of drug-likeness (QED) is 0.720. The van der Waals surface area contributed by atoms with Crippen molar-refractivity contribution in [1.29, 1.82) is 0 Å². The number of urea groups is 1. The first-order valence-electron chi connectivity index (χ1n) is 7.71. The van der Waals surface area contributed by atoms with Gasteiger partial charge in [-0.05, 0) is 24.4 Å². The maximum Gasteiger partial charge on any atom is 0.315 e. The van der Waals surface area contributed by atoms with Crippen LogP contribution in [0.4, 0.5) is 4.79 Å². The lowest BCUT2D eigenvalue weighted by atomic mass is 10.2. The Morgan fingerprint density at radius 1 is 1.30 bits per heavy atom. The largest absolute Gasteiger partial charge is 0.358 e. The molecule has 0 spiro atoms. The molecule has 1 heterocycles. The lowest BCUT2D eigenvalue weighted by Gasteiger charge is -2.14. The van der Waals surface area contributed by atoms with Gasteiger partial charge < -0.3 is 15.6 Å². The number of aromatic amines is 1. The van der Waals surface area contributed by atoms with Gasteiger partial charge in [0.05, 0.1) is 5.75 Å². The summed E-state index contributed by atoms with van der Waals surface area (Å²) in [6.07, 6.45) is 0.684. The third-order valence-corrected chi connectivity index (χ3v) is 5.47. The number of carbonyl (C=O) groups is 1. The van der Waals surface area contributed by atoms with Crippen molar-refractivity contribution in [1.82, 2.24) is 15.6 Å². The van der Waals surface area contributed by atoms with E-state index in [2.05, 4.69) is 21.7 Å². The number of H-pyrrole nitrogens is 1. The summed E-state index contributed by atoms with van der Waals surface area (Å²) in [4.78, 5) is 15.1. The number of hydrogen-bond donors (Lipinski definition) is 3. The highest BCUT2D eigenvalue weighted by atomic mass is 32.2. The van der Waals surface area contributed by atoms with Crippen LogP contribution in [-0.2, 0) is 16.3 Å². The van der Waals surface area contributed by atoms with Crippen LogP contribution >= 0.6 is 0 Å². The predicted molar refractivity (Wildman–Crippen MR) is 92.3 cm³/mol. The maximum absolute atomic E-state index is 11.8. The van der Waals surface area contributed by atoms with Crippen molar-refractivity contribution in [2.75, 3.05) is 18.1 Å². The Morgan fingerprint density at radius 2 is 2.04 bits per heavy atom. The zero-order valence-electron chi connectivity index (χ0n) is 13.4. The first-order chi connectivity index (χ1) is 10.9. The first kappa shape index (κ1) is 17.3. The van der Waals surface area contributed by atoms with Crippen molar-refractivity contribution in [3.63, 3.8) is 0 Å². The molecule has 1 atom stereocenters. The van der Waals surface area contributed by atoms with Crippen LogP contribution < -0.4 is 10.6 Å². The molecule has 0 fully saturated rings. The number of carbonyl (C=O) groups excluding carboxylic acids is 1. The number of rotatable bonds is 7. The maximum atomic E-state index is 11.8. The Labute approximate surface area is 136 Å². The van der Waals surface area contributed by atoms with Gasteiger partial charge in [0.2, 0.25) is 0 Å². The van der Waals surface area contributed by atoms with Crippen molar-refractivity contribution >= 4 is 26.8 Å². The Morgan fingerprint density at radius 3 is 2.74 bits per heavy atom. The second-order valence-corrected chi connectivity index (χ2v) is 8.03. The Bertz CT molecular complexity index is 735. The molecule has 0 saturated carbocycles. The topological polar surface area (TPSA) is 91.1 Å². The van der Waals surface area contributed by atoms with Crippen LogP contribution in [-0.4, -0.2) is 43.5 Å². The highest BCUT2D eigenvalue weighted by molar-refractivity contribution is 7.91. The average Bonchev–Trinajstić information content (AvgIpc) is 2.89. The molecule has 2 rings (SSSR count). The number of aromatic nitrogens is 1. The highest BCUT2D eigenvalue weighted by Crippen LogP contribution is 2.14. The number of fused-ring (bicyclic) bond motifs is 1. The van der Waals surface area contributed by atoms with Gasteiger partial charge in [0, 0.05) is 36.0 Å². The van der Waals surface area contributed by atoms with Gasteiger partial charge in [-0.15, -0.1) is 0 Å². The Hall–Kier alpha value is -2.02. The second kappa shape index (κ2) is 7.50. The van der Waals surface area contributed by atoms with Crippen LogP contribution in [0.3, 0.4) is 0 Å². The molecule has 0 aliphatic carbocycles. The molecule has 6 nitrogen and oxygen atoms in total. The number of nitrogens with one attached hydrogen (secondary N) is 3. The van der Waals surface area contributed by atoms with E-state index in [1.807, 2.05) is 24.3 Å². The third-order valence-electron chi connectivity index (χ3n) is 3.59. The molecule has 7 heteroatoms. The minimum atomic E-state index is -3.09. The zero-order chi connectivity index (χ0) is 16.9. The van der Waals surface area contributed by atoms with Gasteiger partial charge >= 0.3 is 6.03 Å². The molecule has 1 unspecified atom stereocenters. The van der Waals surface area contributed by atoms with E-state index in [-0.39, 0.29) is 17.5 Å². The third kappa shape index (κ3) is 5.28. The first-order valence-corrected chi connectivity index (χ1v) is 9.53. The SMILES string of the molecule is CCS(=O)(=O)CC(C)NC(=O)NCCc1cc2ccccc2[nH]1. The molecule has 1 aromatic carbocycles. The summed E-state index contributed by atoms with van der Waals surface area (Å²) in [5, 5.41) is 6.53. The Balaban J connectivity index is 1.76. The summed E-state index contributed by atoms with van der Waals surface area (Å²) >= 11 is 0. The molecule has 0 saturated heterocycles. The molecule has 0 radical (unpaired) electrons. The number of hydrogen-bond acceptors (Lipinski definition) is 3. The van der Waals surface area contributed by atoms with Gasteiger partial charge in [0.1, 0.15) is 0 Å². The molecule has 2 aromatic rings. The molecule has 0 aliphatic rings. The number of benzene rings is 1. The number of para-hydroxylation sites is 1. The molecule has 23 heavy (non-hydrogen) atoms. The number of amides is 2. The molecule has 0 aliphatic heterocycles. The molecule has 126 valence electrons. The normalized spacial score (nSPS) is 13.0. The minimum absolute atomic E-state index is 0.0427. The van der Waals surface area contributed by atoms with Crippen LogP contribution in [0.2, 0.25) is 0 Å².